The van der Waals surface area contributed by atoms with Crippen LogP contribution in [0.15, 0.2) is 0 Å². The number of rotatable bonds is 8. The molecule has 6 heteroatoms. The molecule has 1 amide bonds. The molecule has 0 saturated heterocycles. The number of nitrogens with zero attached hydrogens (tertiary/aromatic N) is 2. The lowest BCUT2D eigenvalue weighted by Gasteiger charge is -2.21. The van der Waals surface area contributed by atoms with Crippen LogP contribution in [-0.2, 0) is 14.6 Å². The van der Waals surface area contributed by atoms with Gasteiger partial charge in [-0.2, -0.15) is 5.26 Å². The molecule has 0 atom stereocenters. The van der Waals surface area contributed by atoms with Crippen molar-refractivity contribution in [2.45, 2.75) is 33.1 Å². The Morgan fingerprint density at radius 1 is 1.24 bits per heavy atom. The molecule has 5 nitrogen and oxygen atoms in total. The normalized spacial score (nSPS) is 10.9. The van der Waals surface area contributed by atoms with Crippen molar-refractivity contribution in [1.82, 2.24) is 4.90 Å². The summed E-state index contributed by atoms with van der Waals surface area (Å²) < 4.78 is 23.0. The fraction of sp³-hybridized carbons (Fsp3) is 0.818. The molecule has 0 spiro atoms. The molecule has 98 valence electrons. The molecule has 0 aliphatic heterocycles. The topological polar surface area (TPSA) is 78.2 Å². The lowest BCUT2D eigenvalue weighted by atomic mass is 10.3. The van der Waals surface area contributed by atoms with E-state index in [2.05, 4.69) is 0 Å². The van der Waals surface area contributed by atoms with Crippen LogP contribution in [0.5, 0.6) is 0 Å². The molecular weight excluding hydrogens is 240 g/mol. The fourth-order valence-corrected chi connectivity index (χ4v) is 2.56. The summed E-state index contributed by atoms with van der Waals surface area (Å²) in [6, 6.07) is 1.77. The maximum absolute atomic E-state index is 11.8. The lowest BCUT2D eigenvalue weighted by Crippen LogP contribution is -2.37. The van der Waals surface area contributed by atoms with Crippen molar-refractivity contribution in [2.24, 2.45) is 0 Å². The van der Waals surface area contributed by atoms with Gasteiger partial charge in [-0.05, 0) is 12.8 Å². The molecule has 0 unspecified atom stereocenters. The fourth-order valence-electron chi connectivity index (χ4n) is 1.45. The van der Waals surface area contributed by atoms with E-state index in [1.54, 1.807) is 11.0 Å². The van der Waals surface area contributed by atoms with E-state index in [0.29, 0.717) is 13.1 Å². The number of amides is 1. The van der Waals surface area contributed by atoms with E-state index >= 15 is 0 Å². The summed E-state index contributed by atoms with van der Waals surface area (Å²) in [4.78, 5) is 13.3. The van der Waals surface area contributed by atoms with Gasteiger partial charge in [0.2, 0.25) is 5.91 Å². The van der Waals surface area contributed by atoms with Gasteiger partial charge in [0.25, 0.3) is 0 Å². The zero-order valence-electron chi connectivity index (χ0n) is 10.5. The number of nitriles is 1. The molecule has 0 bridgehead atoms. The van der Waals surface area contributed by atoms with E-state index in [-0.39, 0.29) is 18.1 Å². The van der Waals surface area contributed by atoms with Crippen molar-refractivity contribution in [2.75, 3.05) is 24.6 Å². The third-order valence-corrected chi connectivity index (χ3v) is 3.72. The standard InChI is InChI=1S/C11H20N2O3S/c1-3-7-13(8-4-2)11(14)10-17(15,16)9-5-6-12/h3-5,7-10H2,1-2H3. The highest BCUT2D eigenvalue weighted by atomic mass is 32.2. The molecule has 0 radical (unpaired) electrons. The van der Waals surface area contributed by atoms with Gasteiger partial charge in [0, 0.05) is 19.5 Å². The molecule has 0 aliphatic carbocycles. The van der Waals surface area contributed by atoms with Gasteiger partial charge in [0.05, 0.1) is 11.8 Å². The average Bonchev–Trinajstić information content (AvgIpc) is 2.25. The second-order valence-electron chi connectivity index (χ2n) is 3.88. The molecule has 0 saturated carbocycles. The molecule has 0 fully saturated rings. The van der Waals surface area contributed by atoms with E-state index in [1.807, 2.05) is 13.8 Å². The Balaban J connectivity index is 4.44. The van der Waals surface area contributed by atoms with Crippen LogP contribution < -0.4 is 0 Å². The van der Waals surface area contributed by atoms with Gasteiger partial charge in [-0.15, -0.1) is 0 Å². The minimum absolute atomic E-state index is 0.0584. The van der Waals surface area contributed by atoms with E-state index < -0.39 is 15.6 Å². The van der Waals surface area contributed by atoms with Crippen molar-refractivity contribution < 1.29 is 13.2 Å². The third-order valence-electron chi connectivity index (χ3n) is 2.21. The second-order valence-corrected chi connectivity index (χ2v) is 6.06. The number of hydrogen-bond donors (Lipinski definition) is 0. The monoisotopic (exact) mass is 260 g/mol. The van der Waals surface area contributed by atoms with Gasteiger partial charge in [-0.3, -0.25) is 4.79 Å². The largest absolute Gasteiger partial charge is 0.342 e. The van der Waals surface area contributed by atoms with Crippen molar-refractivity contribution in [3.63, 3.8) is 0 Å². The Kier molecular flexibility index (Phi) is 7.55. The summed E-state index contributed by atoms with van der Waals surface area (Å²) in [5.41, 5.74) is 0. The summed E-state index contributed by atoms with van der Waals surface area (Å²) in [7, 11) is -3.44. The highest BCUT2D eigenvalue weighted by Crippen LogP contribution is 2.01. The summed E-state index contributed by atoms with van der Waals surface area (Å²) in [6.45, 7) is 5.06. The van der Waals surface area contributed by atoms with Crippen LogP contribution in [0.25, 0.3) is 0 Å². The van der Waals surface area contributed by atoms with Crippen LogP contribution in [0.1, 0.15) is 33.1 Å². The first-order valence-corrected chi connectivity index (χ1v) is 7.64. The van der Waals surface area contributed by atoms with Crippen molar-refractivity contribution in [1.29, 1.82) is 5.26 Å². The minimum atomic E-state index is -3.44. The zero-order chi connectivity index (χ0) is 13.3. The van der Waals surface area contributed by atoms with Crippen LogP contribution in [0.4, 0.5) is 0 Å². The van der Waals surface area contributed by atoms with Crippen LogP contribution >= 0.6 is 0 Å². The third kappa shape index (κ3) is 6.95. The second kappa shape index (κ2) is 8.07. The van der Waals surface area contributed by atoms with Crippen molar-refractivity contribution >= 4 is 15.7 Å². The number of hydrogen-bond acceptors (Lipinski definition) is 4. The molecule has 0 rings (SSSR count). The summed E-state index contributed by atoms with van der Waals surface area (Å²) in [5, 5.41) is 8.33. The van der Waals surface area contributed by atoms with Gasteiger partial charge in [0.1, 0.15) is 5.75 Å². The minimum Gasteiger partial charge on any atom is -0.342 e. The summed E-state index contributed by atoms with van der Waals surface area (Å²) in [5.74, 6) is -1.07. The molecule has 0 N–H and O–H groups in total. The molecule has 17 heavy (non-hydrogen) atoms. The van der Waals surface area contributed by atoms with E-state index in [9.17, 15) is 13.2 Å². The Hall–Kier alpha value is -1.09. The molecule has 0 aromatic rings. The smallest absolute Gasteiger partial charge is 0.237 e. The van der Waals surface area contributed by atoms with Gasteiger partial charge >= 0.3 is 0 Å². The number of carbonyl (C=O) groups excluding carboxylic acids is 1. The van der Waals surface area contributed by atoms with Crippen molar-refractivity contribution in [3.05, 3.63) is 0 Å². The Labute approximate surface area is 103 Å². The van der Waals surface area contributed by atoms with E-state index in [4.69, 9.17) is 5.26 Å². The molecule has 0 aliphatic rings. The Morgan fingerprint density at radius 2 is 1.76 bits per heavy atom. The Morgan fingerprint density at radius 3 is 2.18 bits per heavy atom. The highest BCUT2D eigenvalue weighted by Gasteiger charge is 2.20. The van der Waals surface area contributed by atoms with Crippen molar-refractivity contribution in [3.8, 4) is 6.07 Å². The Bertz CT molecular complexity index is 365. The van der Waals surface area contributed by atoms with Crippen LogP contribution in [0.3, 0.4) is 0 Å². The first-order chi connectivity index (χ1) is 7.96. The SMILES string of the molecule is CCCN(CCC)C(=O)CS(=O)(=O)CCC#N. The lowest BCUT2D eigenvalue weighted by molar-refractivity contribution is -0.128. The van der Waals surface area contributed by atoms with Crippen LogP contribution in [-0.4, -0.2) is 43.8 Å². The molecular formula is C11H20N2O3S. The quantitative estimate of drug-likeness (QED) is 0.651. The maximum atomic E-state index is 11.8. The predicted molar refractivity (Wildman–Crippen MR) is 66.0 cm³/mol. The molecule has 0 aromatic carbocycles. The van der Waals surface area contributed by atoms with Gasteiger partial charge in [-0.1, -0.05) is 13.8 Å². The summed E-state index contributed by atoms with van der Waals surface area (Å²) >= 11 is 0. The first-order valence-electron chi connectivity index (χ1n) is 5.82. The van der Waals surface area contributed by atoms with Gasteiger partial charge < -0.3 is 4.90 Å². The maximum Gasteiger partial charge on any atom is 0.237 e. The van der Waals surface area contributed by atoms with Crippen LogP contribution in [0.2, 0.25) is 0 Å². The summed E-state index contributed by atoms with van der Waals surface area (Å²) in [6.07, 6.45) is 1.56. The number of carbonyl (C=O) groups is 1. The van der Waals surface area contributed by atoms with Gasteiger partial charge in [-0.25, -0.2) is 8.42 Å². The molecule has 0 aromatic heterocycles. The van der Waals surface area contributed by atoms with E-state index in [0.717, 1.165) is 12.8 Å². The predicted octanol–water partition coefficient (Wildman–Crippen LogP) is 0.963. The molecule has 0 heterocycles. The zero-order valence-corrected chi connectivity index (χ0v) is 11.3. The van der Waals surface area contributed by atoms with Crippen LogP contribution in [0, 0.1) is 11.3 Å². The van der Waals surface area contributed by atoms with E-state index in [1.165, 1.54) is 0 Å². The average molecular weight is 260 g/mol. The van der Waals surface area contributed by atoms with Gasteiger partial charge in [0.15, 0.2) is 9.84 Å². The first kappa shape index (κ1) is 15.9. The highest BCUT2D eigenvalue weighted by molar-refractivity contribution is 7.92. The number of sulfone groups is 1.